The van der Waals surface area contributed by atoms with Gasteiger partial charge in [0.15, 0.2) is 0 Å². The van der Waals surface area contributed by atoms with Gasteiger partial charge in [-0.15, -0.1) is 0 Å². The molecule has 2 N–H and O–H groups in total. The summed E-state index contributed by atoms with van der Waals surface area (Å²) in [6, 6.07) is 4.19. The Kier molecular flexibility index (Phi) is 5.71. The Morgan fingerprint density at radius 1 is 1.28 bits per heavy atom. The van der Waals surface area contributed by atoms with E-state index in [-0.39, 0.29) is 19.1 Å². The highest BCUT2D eigenvalue weighted by Crippen LogP contribution is 2.38. The zero-order valence-electron chi connectivity index (χ0n) is 15.4. The number of carbonyl (C=O) groups is 1. The van der Waals surface area contributed by atoms with E-state index >= 15 is 0 Å². The Bertz CT molecular complexity index is 672. The molecular weight excluding hydrogens is 324 g/mol. The van der Waals surface area contributed by atoms with Crippen LogP contribution in [0, 0.1) is 5.82 Å². The van der Waals surface area contributed by atoms with Crippen molar-refractivity contribution in [2.45, 2.75) is 52.4 Å². The molecule has 2 rings (SSSR count). The van der Waals surface area contributed by atoms with E-state index in [1.807, 2.05) is 27.7 Å². The van der Waals surface area contributed by atoms with E-state index in [2.05, 4.69) is 5.32 Å². The van der Waals surface area contributed by atoms with Gasteiger partial charge in [0.1, 0.15) is 5.82 Å². The van der Waals surface area contributed by atoms with Crippen molar-refractivity contribution in [3.05, 3.63) is 40.6 Å². The first-order valence-corrected chi connectivity index (χ1v) is 8.25. The van der Waals surface area contributed by atoms with Crippen molar-refractivity contribution in [2.24, 2.45) is 0 Å². The van der Waals surface area contributed by atoms with Crippen molar-refractivity contribution < 1.29 is 23.6 Å². The van der Waals surface area contributed by atoms with Crippen LogP contribution in [0.3, 0.4) is 0 Å². The third-order valence-corrected chi connectivity index (χ3v) is 4.71. The molecule has 0 bridgehead atoms. The first-order valence-electron chi connectivity index (χ1n) is 8.25. The molecule has 1 fully saturated rings. The molecule has 7 heteroatoms. The van der Waals surface area contributed by atoms with E-state index in [1.54, 1.807) is 12.1 Å². The molecule has 1 aliphatic rings. The Labute approximate surface area is 148 Å². The molecule has 0 spiro atoms. The summed E-state index contributed by atoms with van der Waals surface area (Å²) in [4.78, 5) is 11.3. The van der Waals surface area contributed by atoms with Crippen LogP contribution >= 0.6 is 0 Å². The minimum atomic E-state index is -0.645. The average Bonchev–Trinajstić information content (AvgIpc) is 2.72. The quantitative estimate of drug-likeness (QED) is 0.802. The monoisotopic (exact) mass is 349 g/mol. The average molecular weight is 349 g/mol. The number of hydrogen-bond acceptors (Lipinski definition) is 4. The minimum Gasteiger partial charge on any atom is -0.400 e. The number of carbonyl (C=O) groups excluding carboxylic acids is 1. The number of halogens is 1. The Balaban J connectivity index is 2.38. The van der Waals surface area contributed by atoms with Gasteiger partial charge in [-0.25, -0.2) is 4.39 Å². The summed E-state index contributed by atoms with van der Waals surface area (Å²) in [7, 11) is -0.645. The molecule has 1 aliphatic heterocycles. The molecule has 136 valence electrons. The smallest absolute Gasteiger partial charge is 0.400 e. The summed E-state index contributed by atoms with van der Waals surface area (Å²) in [6.07, 6.45) is 1.77. The van der Waals surface area contributed by atoms with E-state index in [4.69, 9.17) is 9.31 Å². The molecule has 0 radical (unpaired) electrons. The lowest BCUT2D eigenvalue weighted by atomic mass is 9.76. The predicted octanol–water partition coefficient (Wildman–Crippen LogP) is 2.47. The summed E-state index contributed by atoms with van der Waals surface area (Å²) < 4.78 is 25.5. The van der Waals surface area contributed by atoms with Crippen LogP contribution < -0.4 is 5.32 Å². The summed E-state index contributed by atoms with van der Waals surface area (Å²) in [6.45, 7) is 9.15. The molecular formula is C18H25BFNO4. The topological polar surface area (TPSA) is 67.8 Å². The number of rotatable bonds is 5. The molecule has 5 nitrogen and oxygen atoms in total. The molecule has 1 saturated heterocycles. The van der Waals surface area contributed by atoms with Crippen LogP contribution in [0.4, 0.5) is 4.39 Å². The van der Waals surface area contributed by atoms with E-state index in [9.17, 15) is 14.3 Å². The van der Waals surface area contributed by atoms with Gasteiger partial charge in [0.2, 0.25) is 5.91 Å². The second-order valence-corrected chi connectivity index (χ2v) is 7.22. The molecule has 25 heavy (non-hydrogen) atoms. The highest BCUT2D eigenvalue weighted by molar-refractivity contribution is 6.56. The Hall–Kier alpha value is -1.70. The third-order valence-electron chi connectivity index (χ3n) is 4.71. The fourth-order valence-electron chi connectivity index (χ4n) is 2.48. The molecule has 1 aromatic carbocycles. The maximum atomic E-state index is 13.4. The second kappa shape index (κ2) is 7.27. The number of aliphatic hydroxyl groups excluding tert-OH is 1. The van der Waals surface area contributed by atoms with Gasteiger partial charge in [-0.1, -0.05) is 12.1 Å². The normalized spacial score (nSPS) is 19.2. The number of benzene rings is 1. The van der Waals surface area contributed by atoms with Crippen molar-refractivity contribution in [3.63, 3.8) is 0 Å². The zero-order valence-corrected chi connectivity index (χ0v) is 15.4. The Morgan fingerprint density at radius 2 is 1.88 bits per heavy atom. The molecule has 0 unspecified atom stereocenters. The van der Waals surface area contributed by atoms with Crippen LogP contribution in [0.2, 0.25) is 0 Å². The highest BCUT2D eigenvalue weighted by Gasteiger charge is 2.52. The van der Waals surface area contributed by atoms with Crippen molar-refractivity contribution in [1.29, 1.82) is 0 Å². The predicted molar refractivity (Wildman–Crippen MR) is 95.1 cm³/mol. The maximum absolute atomic E-state index is 13.4. The SMILES string of the molecule is CC(=O)NCC(=Cc1ccc(F)cc1CO)B1OC(C)(C)C(C)(C)O1. The maximum Gasteiger partial charge on any atom is 0.492 e. The van der Waals surface area contributed by atoms with Gasteiger partial charge >= 0.3 is 7.12 Å². The fraction of sp³-hybridized carbons (Fsp3) is 0.500. The Morgan fingerprint density at radius 3 is 2.40 bits per heavy atom. The number of nitrogens with one attached hydrogen (secondary N) is 1. The molecule has 0 aromatic heterocycles. The van der Waals surface area contributed by atoms with E-state index < -0.39 is 24.1 Å². The molecule has 0 aliphatic carbocycles. The minimum absolute atomic E-state index is 0.177. The van der Waals surface area contributed by atoms with Gasteiger partial charge < -0.3 is 19.7 Å². The molecule has 0 atom stereocenters. The number of aliphatic hydroxyl groups is 1. The summed E-state index contributed by atoms with van der Waals surface area (Å²) >= 11 is 0. The first kappa shape index (κ1) is 19.6. The van der Waals surface area contributed by atoms with Crippen LogP contribution in [-0.4, -0.2) is 35.9 Å². The van der Waals surface area contributed by atoms with Crippen molar-refractivity contribution in [3.8, 4) is 0 Å². The lowest BCUT2D eigenvalue weighted by Gasteiger charge is -2.32. The van der Waals surface area contributed by atoms with E-state index in [1.165, 1.54) is 19.1 Å². The molecule has 1 heterocycles. The van der Waals surface area contributed by atoms with Gasteiger partial charge in [-0.3, -0.25) is 4.79 Å². The summed E-state index contributed by atoms with van der Waals surface area (Å²) in [5.41, 5.74) is 0.761. The third kappa shape index (κ3) is 4.48. The van der Waals surface area contributed by atoms with Gasteiger partial charge in [0.25, 0.3) is 0 Å². The summed E-state index contributed by atoms with van der Waals surface area (Å²) in [5.74, 6) is -0.593. The molecule has 0 saturated carbocycles. The van der Waals surface area contributed by atoms with Crippen LogP contribution in [0.5, 0.6) is 0 Å². The van der Waals surface area contributed by atoms with Crippen molar-refractivity contribution in [2.75, 3.05) is 6.54 Å². The van der Waals surface area contributed by atoms with Crippen LogP contribution in [-0.2, 0) is 20.7 Å². The summed E-state index contributed by atoms with van der Waals surface area (Å²) in [5, 5.41) is 12.2. The van der Waals surface area contributed by atoms with Crippen molar-refractivity contribution >= 4 is 19.1 Å². The second-order valence-electron chi connectivity index (χ2n) is 7.22. The van der Waals surface area contributed by atoms with Gasteiger partial charge in [-0.2, -0.15) is 0 Å². The van der Waals surface area contributed by atoms with Gasteiger partial charge in [-0.05, 0) is 56.4 Å². The van der Waals surface area contributed by atoms with Crippen LogP contribution in [0.1, 0.15) is 45.7 Å². The van der Waals surface area contributed by atoms with Gasteiger partial charge in [0.05, 0.1) is 17.8 Å². The molecule has 1 aromatic rings. The van der Waals surface area contributed by atoms with Crippen LogP contribution in [0.15, 0.2) is 23.7 Å². The number of hydrogen-bond donors (Lipinski definition) is 2. The standard InChI is InChI=1S/C18H25BFNO4/c1-12(23)21-10-15(19-24-17(2,3)18(4,5)25-19)8-13-6-7-16(20)9-14(13)11-22/h6-9,22H,10-11H2,1-5H3,(H,21,23). The van der Waals surface area contributed by atoms with Crippen LogP contribution in [0.25, 0.3) is 6.08 Å². The fourth-order valence-corrected chi connectivity index (χ4v) is 2.48. The largest absolute Gasteiger partial charge is 0.492 e. The number of amides is 1. The van der Waals surface area contributed by atoms with E-state index in [0.717, 1.165) is 0 Å². The zero-order chi connectivity index (χ0) is 18.8. The lowest BCUT2D eigenvalue weighted by molar-refractivity contribution is -0.118. The molecule has 1 amide bonds. The van der Waals surface area contributed by atoms with Crippen molar-refractivity contribution in [1.82, 2.24) is 5.32 Å². The van der Waals surface area contributed by atoms with Gasteiger partial charge in [0, 0.05) is 13.5 Å². The lowest BCUT2D eigenvalue weighted by Crippen LogP contribution is -2.41. The highest BCUT2D eigenvalue weighted by atomic mass is 19.1. The van der Waals surface area contributed by atoms with E-state index in [0.29, 0.717) is 16.6 Å². The first-order chi connectivity index (χ1) is 11.6.